The molecule has 0 bridgehead atoms. The average Bonchev–Trinajstić information content (AvgIpc) is 2.69. The molecule has 0 saturated carbocycles. The summed E-state index contributed by atoms with van der Waals surface area (Å²) in [7, 11) is 0. The molecule has 0 aliphatic heterocycles. The molecule has 1 aromatic heterocycles. The zero-order valence-electron chi connectivity index (χ0n) is 17.1. The number of ether oxygens (including phenoxy) is 1. The molecule has 0 fully saturated rings. The fourth-order valence-corrected chi connectivity index (χ4v) is 3.34. The van der Waals surface area contributed by atoms with Gasteiger partial charge in [0.15, 0.2) is 17.3 Å². The topological polar surface area (TPSA) is 59.2 Å². The lowest BCUT2D eigenvalue weighted by Gasteiger charge is -2.16. The van der Waals surface area contributed by atoms with Crippen LogP contribution in [0.15, 0.2) is 53.3 Å². The van der Waals surface area contributed by atoms with Crippen molar-refractivity contribution >= 4 is 5.78 Å². The van der Waals surface area contributed by atoms with Gasteiger partial charge in [-0.3, -0.25) is 9.59 Å². The summed E-state index contributed by atoms with van der Waals surface area (Å²) in [6.45, 7) is 5.42. The van der Waals surface area contributed by atoms with Gasteiger partial charge in [-0.1, -0.05) is 24.3 Å². The van der Waals surface area contributed by atoms with Crippen LogP contribution in [0.4, 0.5) is 8.78 Å². The zero-order valence-corrected chi connectivity index (χ0v) is 17.1. The molecule has 0 unspecified atom stereocenters. The van der Waals surface area contributed by atoms with Crippen molar-refractivity contribution in [3.05, 3.63) is 98.5 Å². The van der Waals surface area contributed by atoms with Gasteiger partial charge in [0.25, 0.3) is 5.56 Å². The average molecular weight is 411 g/mol. The maximum Gasteiger partial charge on any atom is 0.251 e. The van der Waals surface area contributed by atoms with Crippen LogP contribution in [0.5, 0.6) is 5.75 Å². The highest BCUT2D eigenvalue weighted by molar-refractivity contribution is 5.96. The van der Waals surface area contributed by atoms with Crippen LogP contribution in [0.25, 0.3) is 0 Å². The van der Waals surface area contributed by atoms with E-state index in [1.807, 2.05) is 19.9 Å². The van der Waals surface area contributed by atoms with E-state index < -0.39 is 17.7 Å². The minimum absolute atomic E-state index is 0.0391. The van der Waals surface area contributed by atoms with Crippen LogP contribution in [0, 0.1) is 25.5 Å². The minimum atomic E-state index is -0.768. The Balaban J connectivity index is 1.64. The van der Waals surface area contributed by atoms with E-state index in [0.717, 1.165) is 29.0 Å². The Hall–Kier alpha value is -3.28. The molecule has 1 atom stereocenters. The van der Waals surface area contributed by atoms with Crippen molar-refractivity contribution in [3.63, 3.8) is 0 Å². The Bertz CT molecular complexity index is 1120. The molecular weight excluding hydrogens is 388 g/mol. The fourth-order valence-electron chi connectivity index (χ4n) is 3.34. The predicted octanol–water partition coefficient (Wildman–Crippen LogP) is 5.23. The van der Waals surface area contributed by atoms with Gasteiger partial charge < -0.3 is 9.72 Å². The molecule has 156 valence electrons. The zero-order chi connectivity index (χ0) is 21.8. The van der Waals surface area contributed by atoms with Gasteiger partial charge in [0.1, 0.15) is 11.9 Å². The first kappa shape index (κ1) is 21.4. The summed E-state index contributed by atoms with van der Waals surface area (Å²) >= 11 is 0. The molecule has 6 heteroatoms. The smallest absolute Gasteiger partial charge is 0.251 e. The van der Waals surface area contributed by atoms with Crippen molar-refractivity contribution in [3.8, 4) is 5.75 Å². The first-order valence-corrected chi connectivity index (χ1v) is 9.69. The van der Waals surface area contributed by atoms with E-state index in [4.69, 9.17) is 4.74 Å². The van der Waals surface area contributed by atoms with Crippen LogP contribution in [-0.2, 0) is 6.42 Å². The van der Waals surface area contributed by atoms with Crippen LogP contribution in [0.3, 0.4) is 0 Å². The Labute approximate surface area is 173 Å². The lowest BCUT2D eigenvalue weighted by molar-refractivity contribution is 0.0982. The Kier molecular flexibility index (Phi) is 6.45. The second-order valence-electron chi connectivity index (χ2n) is 7.32. The van der Waals surface area contributed by atoms with E-state index >= 15 is 0 Å². The number of ketones is 1. The lowest BCUT2D eigenvalue weighted by Crippen LogP contribution is -2.17. The van der Waals surface area contributed by atoms with E-state index in [9.17, 15) is 18.4 Å². The number of halogens is 2. The van der Waals surface area contributed by atoms with Gasteiger partial charge in [-0.05, 0) is 56.5 Å². The summed E-state index contributed by atoms with van der Waals surface area (Å²) in [4.78, 5) is 27.4. The number of aromatic nitrogens is 1. The fraction of sp³-hybridized carbons (Fsp3) is 0.250. The molecular formula is C24H23F2NO3. The van der Waals surface area contributed by atoms with E-state index in [2.05, 4.69) is 4.98 Å². The molecule has 0 aliphatic carbocycles. The monoisotopic (exact) mass is 411 g/mol. The number of H-pyrrole nitrogens is 1. The van der Waals surface area contributed by atoms with Crippen LogP contribution >= 0.6 is 0 Å². The highest BCUT2D eigenvalue weighted by Gasteiger charge is 2.14. The van der Waals surface area contributed by atoms with Crippen molar-refractivity contribution in [2.24, 2.45) is 0 Å². The van der Waals surface area contributed by atoms with Crippen LogP contribution in [0.1, 0.15) is 52.2 Å². The molecule has 2 aromatic carbocycles. The van der Waals surface area contributed by atoms with E-state index in [-0.39, 0.29) is 23.5 Å². The number of nitrogens with one attached hydrogen (secondary N) is 1. The minimum Gasteiger partial charge on any atom is -0.483 e. The van der Waals surface area contributed by atoms with Gasteiger partial charge in [-0.25, -0.2) is 8.78 Å². The maximum atomic E-state index is 13.8. The Morgan fingerprint density at radius 3 is 2.40 bits per heavy atom. The first-order valence-electron chi connectivity index (χ1n) is 9.69. The van der Waals surface area contributed by atoms with E-state index in [1.54, 1.807) is 31.2 Å². The summed E-state index contributed by atoms with van der Waals surface area (Å²) in [6.07, 6.45) is 0.104. The number of carbonyl (C=O) groups excluding carboxylic acids is 1. The molecule has 0 saturated heterocycles. The number of hydrogen-bond acceptors (Lipinski definition) is 3. The predicted molar refractivity (Wildman–Crippen MR) is 111 cm³/mol. The third-order valence-corrected chi connectivity index (χ3v) is 5.00. The number of pyridine rings is 1. The van der Waals surface area contributed by atoms with Crippen molar-refractivity contribution in [2.75, 3.05) is 0 Å². The number of rotatable bonds is 7. The van der Waals surface area contributed by atoms with Crippen molar-refractivity contribution in [1.29, 1.82) is 0 Å². The molecule has 1 N–H and O–H groups in total. The highest BCUT2D eigenvalue weighted by atomic mass is 19.1. The van der Waals surface area contributed by atoms with Crippen molar-refractivity contribution < 1.29 is 18.3 Å². The second-order valence-corrected chi connectivity index (χ2v) is 7.32. The number of benzene rings is 2. The SMILES string of the molecule is Cc1cc(C)c(CCC(=O)c2ccc([C@H](C)Oc3ccc(F)cc3F)cc2)c(=O)[nH]1. The third kappa shape index (κ3) is 5.00. The largest absolute Gasteiger partial charge is 0.483 e. The molecule has 3 aromatic rings. The van der Waals surface area contributed by atoms with E-state index in [0.29, 0.717) is 17.5 Å². The summed E-state index contributed by atoms with van der Waals surface area (Å²) < 4.78 is 32.3. The van der Waals surface area contributed by atoms with Gasteiger partial charge in [-0.15, -0.1) is 0 Å². The third-order valence-electron chi connectivity index (χ3n) is 5.00. The van der Waals surface area contributed by atoms with Gasteiger partial charge >= 0.3 is 0 Å². The molecule has 1 heterocycles. The number of aromatic amines is 1. The number of hydrogen-bond donors (Lipinski definition) is 1. The van der Waals surface area contributed by atoms with Crippen LogP contribution in [-0.4, -0.2) is 10.8 Å². The second kappa shape index (κ2) is 9.03. The number of Topliss-reactive ketones (excluding diaryl/α,β-unsaturated/α-hetero) is 1. The Morgan fingerprint density at radius 2 is 1.77 bits per heavy atom. The summed E-state index contributed by atoms with van der Waals surface area (Å²) in [5, 5.41) is 0. The standard InChI is InChI=1S/C24H23F2NO3/c1-14-12-15(2)27-24(29)20(14)9-10-22(28)18-6-4-17(5-7-18)16(3)30-23-11-8-19(25)13-21(23)26/h4-8,11-13,16H,9-10H2,1-3H3,(H,27,29)/t16-/m0/s1. The van der Waals surface area contributed by atoms with Gasteiger partial charge in [-0.2, -0.15) is 0 Å². The van der Waals surface area contributed by atoms with E-state index in [1.165, 1.54) is 6.07 Å². The molecule has 0 radical (unpaired) electrons. The normalized spacial score (nSPS) is 11.9. The summed E-state index contributed by atoms with van der Waals surface area (Å²) in [6, 6.07) is 11.9. The van der Waals surface area contributed by atoms with Crippen LogP contribution < -0.4 is 10.3 Å². The maximum absolute atomic E-state index is 13.8. The van der Waals surface area contributed by atoms with Crippen molar-refractivity contribution in [1.82, 2.24) is 4.98 Å². The van der Waals surface area contributed by atoms with Crippen LogP contribution in [0.2, 0.25) is 0 Å². The molecule has 30 heavy (non-hydrogen) atoms. The Morgan fingerprint density at radius 1 is 1.07 bits per heavy atom. The van der Waals surface area contributed by atoms with Gasteiger partial charge in [0.05, 0.1) is 0 Å². The molecule has 3 rings (SSSR count). The van der Waals surface area contributed by atoms with Crippen molar-refractivity contribution in [2.45, 2.75) is 39.7 Å². The first-order chi connectivity index (χ1) is 14.2. The molecule has 0 aliphatic rings. The molecule has 4 nitrogen and oxygen atoms in total. The number of aryl methyl sites for hydroxylation is 2. The molecule has 0 amide bonds. The quantitative estimate of drug-likeness (QED) is 0.542. The highest BCUT2D eigenvalue weighted by Crippen LogP contribution is 2.25. The molecule has 0 spiro atoms. The summed E-state index contributed by atoms with van der Waals surface area (Å²) in [5.74, 6) is -1.55. The number of carbonyl (C=O) groups is 1. The lowest BCUT2D eigenvalue weighted by atomic mass is 9.99. The summed E-state index contributed by atoms with van der Waals surface area (Å²) in [5.41, 5.74) is 3.41. The van der Waals surface area contributed by atoms with Gasteiger partial charge in [0, 0.05) is 29.3 Å². The van der Waals surface area contributed by atoms with Gasteiger partial charge in [0.2, 0.25) is 0 Å².